The van der Waals surface area contributed by atoms with E-state index in [0.717, 1.165) is 41.8 Å². The van der Waals surface area contributed by atoms with Crippen molar-refractivity contribution in [3.05, 3.63) is 59.2 Å². The normalized spacial score (nSPS) is 11.7. The third kappa shape index (κ3) is 7.54. The van der Waals surface area contributed by atoms with Crippen LogP contribution in [0.1, 0.15) is 43.9 Å². The molecule has 0 amide bonds. The first-order valence-corrected chi connectivity index (χ1v) is 9.86. The molecule has 2 aromatic carbocycles. The van der Waals surface area contributed by atoms with Gasteiger partial charge in [-0.3, -0.25) is 4.79 Å². The van der Waals surface area contributed by atoms with Crippen LogP contribution in [0, 0.1) is 5.92 Å². The summed E-state index contributed by atoms with van der Waals surface area (Å²) in [6.07, 6.45) is -3.19. The average Bonchev–Trinajstić information content (AvgIpc) is 2.64. The van der Waals surface area contributed by atoms with E-state index in [1.807, 2.05) is 18.2 Å². The molecule has 0 heterocycles. The van der Waals surface area contributed by atoms with Gasteiger partial charge in [-0.2, -0.15) is 13.2 Å². The maximum absolute atomic E-state index is 12.8. The molecule has 0 saturated carbocycles. The van der Waals surface area contributed by atoms with Gasteiger partial charge < -0.3 is 10.1 Å². The lowest BCUT2D eigenvalue weighted by molar-refractivity contribution is -0.142. The van der Waals surface area contributed by atoms with E-state index in [1.165, 1.54) is 12.1 Å². The number of carbonyl (C=O) groups excluding carboxylic acids is 1. The monoisotopic (exact) mass is 407 g/mol. The van der Waals surface area contributed by atoms with Gasteiger partial charge in [-0.15, -0.1) is 0 Å². The fourth-order valence-electron chi connectivity index (χ4n) is 2.99. The number of halogens is 3. The highest BCUT2D eigenvalue weighted by Crippen LogP contribution is 2.31. The van der Waals surface area contributed by atoms with Crippen molar-refractivity contribution in [1.82, 2.24) is 5.32 Å². The van der Waals surface area contributed by atoms with Crippen LogP contribution >= 0.6 is 0 Å². The number of esters is 1. The van der Waals surface area contributed by atoms with Crippen LogP contribution < -0.4 is 5.32 Å². The van der Waals surface area contributed by atoms with E-state index in [-0.39, 0.29) is 12.4 Å². The molecule has 0 unspecified atom stereocenters. The van der Waals surface area contributed by atoms with Crippen LogP contribution in [0.4, 0.5) is 13.2 Å². The Kier molecular flexibility index (Phi) is 8.26. The summed E-state index contributed by atoms with van der Waals surface area (Å²) >= 11 is 0. The Hall–Kier alpha value is -2.34. The van der Waals surface area contributed by atoms with E-state index in [2.05, 4.69) is 19.2 Å². The summed E-state index contributed by atoms with van der Waals surface area (Å²) in [5.74, 6) is 0.274. The second-order valence-corrected chi connectivity index (χ2v) is 7.45. The number of carbonyl (C=O) groups is 1. The molecule has 0 aliphatic heterocycles. The zero-order chi connectivity index (χ0) is 21.4. The highest BCUT2D eigenvalue weighted by atomic mass is 19.4. The van der Waals surface area contributed by atoms with Crippen LogP contribution in [0.25, 0.3) is 11.1 Å². The zero-order valence-electron chi connectivity index (χ0n) is 17.1. The fraction of sp³-hybridized carbons (Fsp3) is 0.435. The average molecular weight is 407 g/mol. The first-order chi connectivity index (χ1) is 13.7. The molecule has 3 nitrogen and oxygen atoms in total. The lowest BCUT2D eigenvalue weighted by Crippen LogP contribution is -2.16. The molecule has 0 radical (unpaired) electrons. The first kappa shape index (κ1) is 22.9. The maximum Gasteiger partial charge on any atom is 0.416 e. The van der Waals surface area contributed by atoms with E-state index in [9.17, 15) is 18.0 Å². The van der Waals surface area contributed by atoms with Crippen LogP contribution in [-0.2, 0) is 28.7 Å². The predicted molar refractivity (Wildman–Crippen MR) is 108 cm³/mol. The summed E-state index contributed by atoms with van der Waals surface area (Å²) in [4.78, 5) is 11.9. The molecule has 0 aliphatic carbocycles. The number of ether oxygens (including phenoxy) is 1. The van der Waals surface area contributed by atoms with Gasteiger partial charge in [0, 0.05) is 6.54 Å². The van der Waals surface area contributed by atoms with Gasteiger partial charge in [0.2, 0.25) is 0 Å². The molecule has 6 heteroatoms. The van der Waals surface area contributed by atoms with Gasteiger partial charge in [0.15, 0.2) is 0 Å². The molecule has 0 saturated heterocycles. The molecule has 2 aromatic rings. The minimum Gasteiger partial charge on any atom is -0.466 e. The smallest absolute Gasteiger partial charge is 0.416 e. The van der Waals surface area contributed by atoms with Gasteiger partial charge in [-0.1, -0.05) is 38.1 Å². The van der Waals surface area contributed by atoms with Crippen molar-refractivity contribution in [2.75, 3.05) is 13.2 Å². The Morgan fingerprint density at radius 3 is 2.28 bits per heavy atom. The van der Waals surface area contributed by atoms with Gasteiger partial charge in [0.1, 0.15) is 0 Å². The van der Waals surface area contributed by atoms with Crippen LogP contribution in [0.5, 0.6) is 0 Å². The number of rotatable bonds is 9. The minimum atomic E-state index is -4.37. The Balaban J connectivity index is 2.26. The molecule has 0 atom stereocenters. The molecule has 0 aliphatic rings. The SMILES string of the molecule is CCOC(=O)Cc1cc(CNCCC(C)C)cc(-c2ccc(C(F)(F)F)cc2)c1. The molecule has 0 bridgehead atoms. The van der Waals surface area contributed by atoms with Crippen LogP contribution in [0.3, 0.4) is 0 Å². The summed E-state index contributed by atoms with van der Waals surface area (Å²) < 4.78 is 43.5. The standard InChI is InChI=1S/C23H28F3NO2/c1-4-29-22(28)14-17-11-18(15-27-10-9-16(2)3)13-20(12-17)19-5-7-21(8-6-19)23(24,25)26/h5-8,11-13,16,27H,4,9-10,14-15H2,1-3H3. The summed E-state index contributed by atoms with van der Waals surface area (Å²) in [5.41, 5.74) is 2.53. The van der Waals surface area contributed by atoms with Gasteiger partial charge in [0.25, 0.3) is 0 Å². The van der Waals surface area contributed by atoms with E-state index in [0.29, 0.717) is 24.6 Å². The second-order valence-electron chi connectivity index (χ2n) is 7.45. The fourth-order valence-corrected chi connectivity index (χ4v) is 2.99. The Morgan fingerprint density at radius 1 is 1.03 bits per heavy atom. The molecule has 158 valence electrons. The highest BCUT2D eigenvalue weighted by molar-refractivity contribution is 5.74. The minimum absolute atomic E-state index is 0.126. The van der Waals surface area contributed by atoms with Crippen molar-refractivity contribution in [2.24, 2.45) is 5.92 Å². The summed E-state index contributed by atoms with van der Waals surface area (Å²) in [6, 6.07) is 10.8. The highest BCUT2D eigenvalue weighted by Gasteiger charge is 2.30. The van der Waals surface area contributed by atoms with Crippen molar-refractivity contribution in [2.45, 2.75) is 46.3 Å². The van der Waals surface area contributed by atoms with Gasteiger partial charge in [-0.05, 0) is 66.3 Å². The van der Waals surface area contributed by atoms with Crippen molar-refractivity contribution >= 4 is 5.97 Å². The van der Waals surface area contributed by atoms with Crippen molar-refractivity contribution in [1.29, 1.82) is 0 Å². The number of hydrogen-bond acceptors (Lipinski definition) is 3. The van der Waals surface area contributed by atoms with Gasteiger partial charge in [0.05, 0.1) is 18.6 Å². The quantitative estimate of drug-likeness (QED) is 0.433. The number of hydrogen-bond donors (Lipinski definition) is 1. The van der Waals surface area contributed by atoms with Gasteiger partial charge >= 0.3 is 12.1 Å². The predicted octanol–water partition coefficient (Wildman–Crippen LogP) is 5.61. The van der Waals surface area contributed by atoms with Crippen molar-refractivity contribution in [3.63, 3.8) is 0 Å². The van der Waals surface area contributed by atoms with E-state index < -0.39 is 11.7 Å². The molecule has 1 N–H and O–H groups in total. The summed E-state index contributed by atoms with van der Waals surface area (Å²) in [6.45, 7) is 7.86. The lowest BCUT2D eigenvalue weighted by Gasteiger charge is -2.13. The third-order valence-electron chi connectivity index (χ3n) is 4.48. The van der Waals surface area contributed by atoms with Crippen LogP contribution in [0.2, 0.25) is 0 Å². The molecular weight excluding hydrogens is 379 g/mol. The molecule has 29 heavy (non-hydrogen) atoms. The summed E-state index contributed by atoms with van der Waals surface area (Å²) in [7, 11) is 0. The number of nitrogens with one attached hydrogen (secondary N) is 1. The maximum atomic E-state index is 12.8. The Morgan fingerprint density at radius 2 is 1.69 bits per heavy atom. The summed E-state index contributed by atoms with van der Waals surface area (Å²) in [5, 5.41) is 3.38. The third-order valence-corrected chi connectivity index (χ3v) is 4.48. The molecular formula is C23H28F3NO2. The van der Waals surface area contributed by atoms with Crippen LogP contribution in [-0.4, -0.2) is 19.1 Å². The van der Waals surface area contributed by atoms with E-state index in [4.69, 9.17) is 4.74 Å². The van der Waals surface area contributed by atoms with Crippen molar-refractivity contribution < 1.29 is 22.7 Å². The molecule has 0 aromatic heterocycles. The number of benzene rings is 2. The number of alkyl halides is 3. The molecule has 2 rings (SSSR count). The first-order valence-electron chi connectivity index (χ1n) is 9.86. The zero-order valence-corrected chi connectivity index (χ0v) is 17.1. The topological polar surface area (TPSA) is 38.3 Å². The lowest BCUT2D eigenvalue weighted by atomic mass is 9.97. The Bertz CT molecular complexity index is 799. The molecule has 0 fully saturated rings. The molecule has 0 spiro atoms. The van der Waals surface area contributed by atoms with E-state index in [1.54, 1.807) is 6.92 Å². The largest absolute Gasteiger partial charge is 0.466 e. The Labute approximate surface area is 170 Å². The van der Waals surface area contributed by atoms with E-state index >= 15 is 0 Å². The van der Waals surface area contributed by atoms with Gasteiger partial charge in [-0.25, -0.2) is 0 Å². The van der Waals surface area contributed by atoms with Crippen molar-refractivity contribution in [3.8, 4) is 11.1 Å². The van der Waals surface area contributed by atoms with Crippen LogP contribution in [0.15, 0.2) is 42.5 Å². The second kappa shape index (κ2) is 10.4.